The molecule has 4 aromatic rings. The van der Waals surface area contributed by atoms with Crippen molar-refractivity contribution in [2.45, 2.75) is 57.4 Å². The number of halogens is 3. The Morgan fingerprint density at radius 2 is 1.68 bits per heavy atom. The van der Waals surface area contributed by atoms with Gasteiger partial charge in [0.25, 0.3) is 5.91 Å². The highest BCUT2D eigenvalue weighted by Gasteiger charge is 2.32. The number of pyridine rings is 2. The van der Waals surface area contributed by atoms with Crippen LogP contribution in [0.3, 0.4) is 0 Å². The number of hydrogen-bond acceptors (Lipinski definition) is 5. The number of hydrogen-bond donors (Lipinski definition) is 2. The minimum absolute atomic E-state index is 0.231. The zero-order valence-corrected chi connectivity index (χ0v) is 24.5. The van der Waals surface area contributed by atoms with E-state index < -0.39 is 23.2 Å². The number of benzene rings is 2. The Bertz CT molecular complexity index is 1670. The Balaban J connectivity index is 1.41. The minimum atomic E-state index is -4.54. The van der Waals surface area contributed by atoms with E-state index in [2.05, 4.69) is 20.1 Å². The lowest BCUT2D eigenvalue weighted by Crippen LogP contribution is -2.46. The van der Waals surface area contributed by atoms with Gasteiger partial charge in [0.1, 0.15) is 0 Å². The van der Waals surface area contributed by atoms with E-state index in [0.717, 1.165) is 56.7 Å². The van der Waals surface area contributed by atoms with Crippen molar-refractivity contribution in [1.82, 2.24) is 25.1 Å². The van der Waals surface area contributed by atoms with E-state index >= 15 is 0 Å². The molecule has 6 rings (SSSR count). The molecule has 2 saturated heterocycles. The molecule has 1 amide bonds. The molecule has 0 atom stereocenters. The second-order valence-electron chi connectivity index (χ2n) is 11.7. The van der Waals surface area contributed by atoms with E-state index in [1.165, 1.54) is 37.5 Å². The topological polar surface area (TPSA) is 81.3 Å². The maximum absolute atomic E-state index is 14.0. The monoisotopic (exact) mass is 603 g/mol. The van der Waals surface area contributed by atoms with Gasteiger partial charge in [0.2, 0.25) is 5.56 Å². The van der Waals surface area contributed by atoms with Crippen molar-refractivity contribution in [3.05, 3.63) is 99.3 Å². The molecule has 0 saturated carbocycles. The third-order valence-corrected chi connectivity index (χ3v) is 8.80. The summed E-state index contributed by atoms with van der Waals surface area (Å²) in [6.07, 6.45) is 1.15. The fourth-order valence-electron chi connectivity index (χ4n) is 6.51. The van der Waals surface area contributed by atoms with Gasteiger partial charge in [-0.25, -0.2) is 4.98 Å². The first-order valence-corrected chi connectivity index (χ1v) is 15.3. The average molecular weight is 604 g/mol. The van der Waals surface area contributed by atoms with Crippen LogP contribution in [0.1, 0.15) is 59.2 Å². The summed E-state index contributed by atoms with van der Waals surface area (Å²) in [7, 11) is 0. The molecule has 2 aliphatic rings. The molecular weight excluding hydrogens is 567 g/mol. The summed E-state index contributed by atoms with van der Waals surface area (Å²) in [6, 6.07) is 17.8. The Labute approximate surface area is 254 Å². The zero-order chi connectivity index (χ0) is 30.7. The largest absolute Gasteiger partial charge is 0.416 e. The summed E-state index contributed by atoms with van der Waals surface area (Å²) in [5.74, 6) is -0.422. The van der Waals surface area contributed by atoms with Crippen LogP contribution in [0.2, 0.25) is 0 Å². The molecule has 230 valence electrons. The van der Waals surface area contributed by atoms with E-state index in [4.69, 9.17) is 4.98 Å². The summed E-state index contributed by atoms with van der Waals surface area (Å²) in [5.41, 5.74) is 1.62. The molecule has 0 radical (unpaired) electrons. The number of alkyl halides is 3. The maximum atomic E-state index is 14.0. The fourth-order valence-corrected chi connectivity index (χ4v) is 6.51. The highest BCUT2D eigenvalue weighted by atomic mass is 19.4. The van der Waals surface area contributed by atoms with Crippen molar-refractivity contribution in [1.29, 1.82) is 0 Å². The second kappa shape index (κ2) is 12.9. The van der Waals surface area contributed by atoms with Crippen molar-refractivity contribution in [2.24, 2.45) is 0 Å². The van der Waals surface area contributed by atoms with E-state index in [9.17, 15) is 22.8 Å². The highest BCUT2D eigenvalue weighted by molar-refractivity contribution is 6.07. The molecule has 0 unspecified atom stereocenters. The lowest BCUT2D eigenvalue weighted by Gasteiger charge is -2.40. The van der Waals surface area contributed by atoms with Crippen molar-refractivity contribution in [3.8, 4) is 11.3 Å². The van der Waals surface area contributed by atoms with Crippen LogP contribution >= 0.6 is 0 Å². The summed E-state index contributed by atoms with van der Waals surface area (Å²) in [5, 5.41) is 2.97. The molecule has 44 heavy (non-hydrogen) atoms. The van der Waals surface area contributed by atoms with Gasteiger partial charge in [0.15, 0.2) is 0 Å². The predicted molar refractivity (Wildman–Crippen MR) is 164 cm³/mol. The number of likely N-dealkylation sites (tertiary alicyclic amines) is 2. The number of aromatic nitrogens is 2. The van der Waals surface area contributed by atoms with Crippen molar-refractivity contribution >= 4 is 16.9 Å². The van der Waals surface area contributed by atoms with Crippen LogP contribution in [-0.2, 0) is 19.3 Å². The van der Waals surface area contributed by atoms with Crippen LogP contribution < -0.4 is 10.9 Å². The summed E-state index contributed by atoms with van der Waals surface area (Å²) >= 11 is 0. The molecular formula is C34H36F3N5O2. The van der Waals surface area contributed by atoms with Gasteiger partial charge in [0.05, 0.1) is 27.9 Å². The second-order valence-corrected chi connectivity index (χ2v) is 11.7. The molecule has 2 aliphatic heterocycles. The van der Waals surface area contributed by atoms with Crippen LogP contribution in [0, 0.1) is 0 Å². The van der Waals surface area contributed by atoms with Crippen molar-refractivity contribution in [3.63, 3.8) is 0 Å². The van der Waals surface area contributed by atoms with Crippen LogP contribution in [0.5, 0.6) is 0 Å². The van der Waals surface area contributed by atoms with Gasteiger partial charge in [-0.2, -0.15) is 13.2 Å². The first kappa shape index (κ1) is 30.0. The van der Waals surface area contributed by atoms with Gasteiger partial charge in [-0.15, -0.1) is 0 Å². The van der Waals surface area contributed by atoms with Gasteiger partial charge in [0, 0.05) is 36.3 Å². The van der Waals surface area contributed by atoms with Crippen LogP contribution in [0.15, 0.2) is 71.5 Å². The normalized spacial score (nSPS) is 17.2. The number of carbonyl (C=O) groups excluding carboxylic acids is 1. The molecule has 0 aliphatic carbocycles. The van der Waals surface area contributed by atoms with Crippen molar-refractivity contribution < 1.29 is 18.0 Å². The SMILES string of the molecule is O=C(NCc1ccccc1)c1c(CN2CCC(N3CCCCC3)CC2)c(-c2cccc(C(F)(F)F)c2)nc2ccc(=O)[nH]c12. The molecule has 0 bridgehead atoms. The van der Waals surface area contributed by atoms with Gasteiger partial charge in [-0.3, -0.25) is 14.5 Å². The molecule has 4 heterocycles. The van der Waals surface area contributed by atoms with E-state index in [1.54, 1.807) is 6.07 Å². The minimum Gasteiger partial charge on any atom is -0.348 e. The van der Waals surface area contributed by atoms with Crippen molar-refractivity contribution in [2.75, 3.05) is 26.2 Å². The maximum Gasteiger partial charge on any atom is 0.416 e. The summed E-state index contributed by atoms with van der Waals surface area (Å²) < 4.78 is 41.3. The molecule has 2 aromatic heterocycles. The van der Waals surface area contributed by atoms with Crippen LogP contribution in [0.4, 0.5) is 13.2 Å². The number of rotatable bonds is 7. The first-order valence-electron chi connectivity index (χ1n) is 15.3. The molecule has 0 spiro atoms. The first-order chi connectivity index (χ1) is 21.3. The molecule has 2 aromatic carbocycles. The summed E-state index contributed by atoms with van der Waals surface area (Å²) in [6.45, 7) is 4.39. The van der Waals surface area contributed by atoms with Crippen LogP contribution in [-0.4, -0.2) is 57.9 Å². The number of aromatic amines is 1. The number of piperidine rings is 2. The number of nitrogens with zero attached hydrogens (tertiary/aromatic N) is 3. The highest BCUT2D eigenvalue weighted by Crippen LogP contribution is 2.35. The Morgan fingerprint density at radius 1 is 0.932 bits per heavy atom. The Morgan fingerprint density at radius 3 is 2.41 bits per heavy atom. The lowest BCUT2D eigenvalue weighted by atomic mass is 9.95. The van der Waals surface area contributed by atoms with Gasteiger partial charge in [-0.1, -0.05) is 48.9 Å². The fraction of sp³-hybridized carbons (Fsp3) is 0.382. The number of fused-ring (bicyclic) bond motifs is 1. The third kappa shape index (κ3) is 6.71. The summed E-state index contributed by atoms with van der Waals surface area (Å²) in [4.78, 5) is 38.9. The quantitative estimate of drug-likeness (QED) is 0.271. The van der Waals surface area contributed by atoms with Gasteiger partial charge < -0.3 is 15.2 Å². The predicted octanol–water partition coefficient (Wildman–Crippen LogP) is 5.99. The molecule has 7 nitrogen and oxygen atoms in total. The Kier molecular flexibility index (Phi) is 8.81. The molecule has 2 fully saturated rings. The average Bonchev–Trinajstić information content (AvgIpc) is 3.04. The number of carbonyl (C=O) groups is 1. The number of H-pyrrole nitrogens is 1. The third-order valence-electron chi connectivity index (χ3n) is 8.80. The smallest absolute Gasteiger partial charge is 0.348 e. The Hall–Kier alpha value is -4.02. The number of amides is 1. The lowest BCUT2D eigenvalue weighted by molar-refractivity contribution is -0.137. The van der Waals surface area contributed by atoms with Crippen LogP contribution in [0.25, 0.3) is 22.3 Å². The number of nitrogens with one attached hydrogen (secondary N) is 2. The van der Waals surface area contributed by atoms with E-state index in [0.29, 0.717) is 29.4 Å². The van der Waals surface area contributed by atoms with Gasteiger partial charge >= 0.3 is 6.18 Å². The molecule has 10 heteroatoms. The van der Waals surface area contributed by atoms with Gasteiger partial charge in [-0.05, 0) is 75.6 Å². The zero-order valence-electron chi connectivity index (χ0n) is 24.5. The van der Waals surface area contributed by atoms with E-state index in [-0.39, 0.29) is 23.2 Å². The standard InChI is InChI=1S/C34H36F3N5O2/c35-34(36,37)25-11-7-10-24(20-25)31-27(22-41-18-14-26(15-19-41)42-16-5-2-6-17-42)30(32-28(39-31)12-13-29(43)40-32)33(44)38-21-23-8-3-1-4-9-23/h1,3-4,7-13,20,26H,2,5-6,14-19,21-22H2,(H,38,44)(H,40,43). The van der Waals surface area contributed by atoms with E-state index in [1.807, 2.05) is 30.3 Å². The molecule has 2 N–H and O–H groups in total.